The topological polar surface area (TPSA) is 49.4 Å². The van der Waals surface area contributed by atoms with E-state index in [-0.39, 0.29) is 0 Å². The van der Waals surface area contributed by atoms with Gasteiger partial charge in [-0.25, -0.2) is 5.09 Å². The van der Waals surface area contributed by atoms with Gasteiger partial charge in [-0.05, 0) is 12.8 Å². The van der Waals surface area contributed by atoms with Crippen LogP contribution in [-0.2, 0) is 9.36 Å². The van der Waals surface area contributed by atoms with Crippen LogP contribution in [0.25, 0.3) is 0 Å². The van der Waals surface area contributed by atoms with E-state index in [9.17, 15) is 9.36 Å². The summed E-state index contributed by atoms with van der Waals surface area (Å²) in [5.41, 5.74) is 0. The van der Waals surface area contributed by atoms with E-state index < -0.39 is 6.65 Å². The predicted molar refractivity (Wildman–Crippen MR) is 55.7 cm³/mol. The van der Waals surface area contributed by atoms with Crippen molar-refractivity contribution in [3.8, 4) is 0 Å². The second kappa shape index (κ2) is 5.03. The minimum absolute atomic E-state index is 0.616. The highest BCUT2D eigenvalue weighted by molar-refractivity contribution is 8.56. The van der Waals surface area contributed by atoms with Crippen molar-refractivity contribution >= 4 is 24.4 Å². The van der Waals surface area contributed by atoms with Gasteiger partial charge in [0.15, 0.2) is 0 Å². The maximum Gasteiger partial charge on any atom is 0.294 e. The van der Waals surface area contributed by atoms with Crippen LogP contribution in [0.15, 0.2) is 0 Å². The highest BCUT2D eigenvalue weighted by Crippen LogP contribution is 2.58. The van der Waals surface area contributed by atoms with Gasteiger partial charge in [-0.1, -0.05) is 18.3 Å². The van der Waals surface area contributed by atoms with Gasteiger partial charge in [0, 0.05) is 18.8 Å². The highest BCUT2D eigenvalue weighted by Gasteiger charge is 2.32. The Hall–Kier alpha value is 0.0100. The Balaban J connectivity index is 2.60. The van der Waals surface area contributed by atoms with E-state index in [1.165, 1.54) is 16.1 Å². The lowest BCUT2D eigenvalue weighted by Gasteiger charge is -2.32. The zero-order valence-corrected chi connectivity index (χ0v) is 9.44. The fourth-order valence-corrected chi connectivity index (χ4v) is 5.60. The number of nitrogens with zero attached hydrogens (tertiary/aromatic N) is 1. The molecule has 1 amide bonds. The Morgan fingerprint density at radius 3 is 3.08 bits per heavy atom. The largest absolute Gasteiger partial charge is 0.294 e. The summed E-state index contributed by atoms with van der Waals surface area (Å²) in [6.07, 6.45) is 2.55. The maximum absolute atomic E-state index is 12.1. The molecule has 0 aromatic rings. The second-order valence-electron chi connectivity index (χ2n) is 2.88. The van der Waals surface area contributed by atoms with E-state index in [4.69, 9.17) is 0 Å². The second-order valence-corrected chi connectivity index (χ2v) is 7.68. The molecule has 6 heteroatoms. The summed E-state index contributed by atoms with van der Waals surface area (Å²) in [5.74, 6) is 0.828. The summed E-state index contributed by atoms with van der Waals surface area (Å²) in [4.78, 5) is 10.6. The molecule has 0 aromatic carbocycles. The highest BCUT2D eigenvalue weighted by atomic mass is 32.7. The molecule has 1 saturated heterocycles. The molecule has 1 aliphatic rings. The molecule has 0 radical (unpaired) electrons. The van der Waals surface area contributed by atoms with Crippen LogP contribution in [0.4, 0.5) is 0 Å². The molecule has 1 fully saturated rings. The number of rotatable bonds is 4. The lowest BCUT2D eigenvalue weighted by atomic mass is 10.4. The summed E-state index contributed by atoms with van der Waals surface area (Å²) in [5, 5.41) is 2.94. The first-order valence-corrected chi connectivity index (χ1v) is 7.70. The molecule has 76 valence electrons. The van der Waals surface area contributed by atoms with E-state index in [0.717, 1.165) is 25.1 Å². The monoisotopic (exact) mass is 222 g/mol. The molecule has 0 saturated carbocycles. The van der Waals surface area contributed by atoms with Crippen molar-refractivity contribution in [2.24, 2.45) is 0 Å². The Bertz CT molecular complexity index is 225. The van der Waals surface area contributed by atoms with Crippen LogP contribution >= 0.6 is 18.0 Å². The molecular formula is C7H15N2O2PS. The Morgan fingerprint density at radius 1 is 1.69 bits per heavy atom. The minimum atomic E-state index is -2.61. The van der Waals surface area contributed by atoms with E-state index in [2.05, 4.69) is 5.09 Å². The quantitative estimate of drug-likeness (QED) is 0.581. The van der Waals surface area contributed by atoms with E-state index in [1.54, 1.807) is 0 Å². The predicted octanol–water partition coefficient (Wildman–Crippen LogP) is 1.69. The molecule has 1 unspecified atom stereocenters. The number of nitrogens with one attached hydrogen (secondary N) is 1. The van der Waals surface area contributed by atoms with Gasteiger partial charge < -0.3 is 0 Å². The van der Waals surface area contributed by atoms with Gasteiger partial charge in [-0.15, -0.1) is 0 Å². The first kappa shape index (κ1) is 11.1. The Kier molecular flexibility index (Phi) is 4.29. The molecule has 0 aromatic heterocycles. The van der Waals surface area contributed by atoms with E-state index in [0.29, 0.717) is 13.0 Å². The van der Waals surface area contributed by atoms with Crippen molar-refractivity contribution in [2.45, 2.75) is 19.8 Å². The van der Waals surface area contributed by atoms with Gasteiger partial charge in [0.1, 0.15) is 0 Å². The van der Waals surface area contributed by atoms with Gasteiger partial charge in [0.2, 0.25) is 6.41 Å². The molecule has 0 bridgehead atoms. The van der Waals surface area contributed by atoms with Crippen molar-refractivity contribution in [1.82, 2.24) is 9.76 Å². The fourth-order valence-electron chi connectivity index (χ4n) is 1.13. The molecule has 0 aliphatic carbocycles. The number of amides is 1. The molecule has 1 N–H and O–H groups in total. The molecule has 1 atom stereocenters. The van der Waals surface area contributed by atoms with Crippen LogP contribution in [0.1, 0.15) is 19.8 Å². The summed E-state index contributed by atoms with van der Waals surface area (Å²) >= 11 is 1.37. The molecule has 4 nitrogen and oxygen atoms in total. The average molecular weight is 222 g/mol. The third-order valence-corrected chi connectivity index (χ3v) is 6.95. The molecule has 1 rings (SSSR count). The Morgan fingerprint density at radius 2 is 2.46 bits per heavy atom. The van der Waals surface area contributed by atoms with Crippen LogP contribution in [0, 0.1) is 0 Å². The van der Waals surface area contributed by atoms with Gasteiger partial charge in [-0.2, -0.15) is 0 Å². The summed E-state index contributed by atoms with van der Waals surface area (Å²) in [6, 6.07) is 0. The summed E-state index contributed by atoms with van der Waals surface area (Å²) < 4.78 is 13.5. The third kappa shape index (κ3) is 2.73. The van der Waals surface area contributed by atoms with Crippen LogP contribution in [-0.4, -0.2) is 29.9 Å². The van der Waals surface area contributed by atoms with Crippen molar-refractivity contribution in [1.29, 1.82) is 0 Å². The van der Waals surface area contributed by atoms with Crippen molar-refractivity contribution in [3.63, 3.8) is 0 Å². The molecule has 1 aliphatic heterocycles. The maximum atomic E-state index is 12.1. The van der Waals surface area contributed by atoms with Crippen molar-refractivity contribution in [3.05, 3.63) is 0 Å². The standard InChI is InChI=1S/C7H15N2O2PS/c1-2-6-13-12(11)8-4-3-5-9(12)7-10/h7H,2-6H2,1H3,(H,8,11). The first-order chi connectivity index (χ1) is 6.23. The van der Waals surface area contributed by atoms with E-state index in [1.807, 2.05) is 6.92 Å². The Labute approximate surface area is 82.7 Å². The minimum Gasteiger partial charge on any atom is -0.278 e. The molecule has 1 heterocycles. The van der Waals surface area contributed by atoms with E-state index >= 15 is 0 Å². The number of hydrogen-bond donors (Lipinski definition) is 1. The van der Waals surface area contributed by atoms with Crippen LogP contribution in [0.3, 0.4) is 0 Å². The number of carbonyl (C=O) groups is 1. The zero-order valence-electron chi connectivity index (χ0n) is 7.73. The SMILES string of the molecule is CCCSP1(=O)NCCCN1C=O. The van der Waals surface area contributed by atoms with Gasteiger partial charge in [0.25, 0.3) is 6.65 Å². The zero-order chi connectivity index (χ0) is 9.73. The fraction of sp³-hybridized carbons (Fsp3) is 0.857. The van der Waals surface area contributed by atoms with Gasteiger partial charge in [-0.3, -0.25) is 14.0 Å². The summed E-state index contributed by atoms with van der Waals surface area (Å²) in [7, 11) is 0. The first-order valence-electron chi connectivity index (χ1n) is 4.45. The van der Waals surface area contributed by atoms with Gasteiger partial charge >= 0.3 is 0 Å². The lowest BCUT2D eigenvalue weighted by molar-refractivity contribution is -0.114. The molecule has 13 heavy (non-hydrogen) atoms. The third-order valence-electron chi connectivity index (χ3n) is 1.81. The van der Waals surface area contributed by atoms with Crippen LogP contribution in [0.5, 0.6) is 0 Å². The van der Waals surface area contributed by atoms with Crippen molar-refractivity contribution < 1.29 is 9.36 Å². The number of hydrogen-bond acceptors (Lipinski definition) is 3. The van der Waals surface area contributed by atoms with Crippen LogP contribution in [0.2, 0.25) is 0 Å². The molecular weight excluding hydrogens is 207 g/mol. The lowest BCUT2D eigenvalue weighted by Crippen LogP contribution is -2.33. The summed E-state index contributed by atoms with van der Waals surface area (Å²) in [6.45, 7) is 0.792. The van der Waals surface area contributed by atoms with Crippen molar-refractivity contribution in [2.75, 3.05) is 18.8 Å². The normalized spacial score (nSPS) is 28.8. The smallest absolute Gasteiger partial charge is 0.278 e. The molecule has 0 spiro atoms. The number of carbonyl (C=O) groups excluding carboxylic acids is 1. The van der Waals surface area contributed by atoms with Gasteiger partial charge in [0.05, 0.1) is 0 Å². The van der Waals surface area contributed by atoms with Crippen LogP contribution < -0.4 is 5.09 Å². The average Bonchev–Trinajstić information content (AvgIpc) is 2.16.